The lowest BCUT2D eigenvalue weighted by Crippen LogP contribution is -2.59. The second kappa shape index (κ2) is 6.56. The number of aromatic nitrogens is 6. The van der Waals surface area contributed by atoms with Crippen LogP contribution in [-0.2, 0) is 0 Å². The normalized spacial score (nSPS) is 14.3. The van der Waals surface area contributed by atoms with Crippen molar-refractivity contribution in [2.24, 2.45) is 0 Å². The molecule has 0 aliphatic carbocycles. The number of hydrogen-bond donors (Lipinski definition) is 0. The quantitative estimate of drug-likeness (QED) is 0.544. The largest absolute Gasteiger partial charge is 0.352 e. The van der Waals surface area contributed by atoms with Gasteiger partial charge in [0.25, 0.3) is 0 Å². The fraction of sp³-hybridized carbons (Fsp3) is 0.250. The molecule has 0 amide bonds. The average Bonchev–Trinajstić information content (AvgIpc) is 3.08. The number of fused-ring (bicyclic) bond motifs is 1. The zero-order valence-electron chi connectivity index (χ0n) is 15.8. The van der Waals surface area contributed by atoms with E-state index in [0.717, 1.165) is 47.5 Å². The highest BCUT2D eigenvalue weighted by Gasteiger charge is 2.32. The molecule has 1 aliphatic heterocycles. The van der Waals surface area contributed by atoms with Crippen LogP contribution in [0.4, 0.5) is 11.6 Å². The third kappa shape index (κ3) is 2.83. The summed E-state index contributed by atoms with van der Waals surface area (Å²) in [5, 5.41) is 21.6. The lowest BCUT2D eigenvalue weighted by molar-refractivity contribution is 0.486. The van der Waals surface area contributed by atoms with Crippen LogP contribution in [0, 0.1) is 6.92 Å². The van der Waals surface area contributed by atoms with Crippen molar-refractivity contribution in [1.29, 1.82) is 0 Å². The van der Waals surface area contributed by atoms with Crippen LogP contribution in [0.2, 0.25) is 0 Å². The molecule has 0 bridgehead atoms. The van der Waals surface area contributed by atoms with E-state index in [0.29, 0.717) is 6.04 Å². The third-order valence-electron chi connectivity index (χ3n) is 5.22. The van der Waals surface area contributed by atoms with Crippen molar-refractivity contribution < 1.29 is 0 Å². The van der Waals surface area contributed by atoms with Gasteiger partial charge in [0.05, 0.1) is 11.7 Å². The first-order valence-electron chi connectivity index (χ1n) is 9.25. The number of nitrogens with zero attached hydrogens (tertiary/aromatic N) is 8. The van der Waals surface area contributed by atoms with E-state index in [1.165, 1.54) is 0 Å². The van der Waals surface area contributed by atoms with Gasteiger partial charge in [-0.2, -0.15) is 4.52 Å². The molecule has 0 N–H and O–H groups in total. The van der Waals surface area contributed by atoms with Gasteiger partial charge < -0.3 is 9.80 Å². The van der Waals surface area contributed by atoms with Crippen molar-refractivity contribution in [3.63, 3.8) is 0 Å². The summed E-state index contributed by atoms with van der Waals surface area (Å²) in [6.45, 7) is 3.67. The van der Waals surface area contributed by atoms with Gasteiger partial charge in [-0.15, -0.1) is 25.5 Å². The Morgan fingerprint density at radius 3 is 2.46 bits per heavy atom. The maximum absolute atomic E-state index is 4.65. The van der Waals surface area contributed by atoms with Crippen LogP contribution in [0.15, 0.2) is 54.6 Å². The highest BCUT2D eigenvalue weighted by atomic mass is 15.4. The van der Waals surface area contributed by atoms with Gasteiger partial charge in [0.2, 0.25) is 0 Å². The molecule has 1 fully saturated rings. The molecule has 3 aromatic heterocycles. The van der Waals surface area contributed by atoms with Crippen molar-refractivity contribution in [2.75, 3.05) is 29.9 Å². The van der Waals surface area contributed by atoms with E-state index in [1.54, 1.807) is 4.52 Å². The van der Waals surface area contributed by atoms with Crippen LogP contribution in [0.25, 0.3) is 16.9 Å². The Labute approximate surface area is 162 Å². The van der Waals surface area contributed by atoms with Crippen molar-refractivity contribution >= 4 is 17.3 Å². The maximum atomic E-state index is 4.65. The van der Waals surface area contributed by atoms with E-state index in [9.17, 15) is 0 Å². The molecule has 0 saturated carbocycles. The Morgan fingerprint density at radius 1 is 0.893 bits per heavy atom. The molecule has 4 aromatic rings. The first kappa shape index (κ1) is 16.6. The smallest absolute Gasteiger partial charge is 0.178 e. The summed E-state index contributed by atoms with van der Waals surface area (Å²) in [6.07, 6.45) is 0. The zero-order valence-corrected chi connectivity index (χ0v) is 15.8. The maximum Gasteiger partial charge on any atom is 0.178 e. The predicted molar refractivity (Wildman–Crippen MR) is 107 cm³/mol. The lowest BCUT2D eigenvalue weighted by Gasteiger charge is -2.44. The molecular weight excluding hydrogens is 352 g/mol. The molecule has 5 rings (SSSR count). The van der Waals surface area contributed by atoms with Crippen LogP contribution >= 0.6 is 0 Å². The Kier molecular flexibility index (Phi) is 3.89. The van der Waals surface area contributed by atoms with Gasteiger partial charge in [-0.25, -0.2) is 0 Å². The van der Waals surface area contributed by atoms with Crippen LogP contribution in [0.1, 0.15) is 5.82 Å². The third-order valence-corrected chi connectivity index (χ3v) is 5.22. The van der Waals surface area contributed by atoms with Crippen LogP contribution in [0.3, 0.4) is 0 Å². The average molecular weight is 372 g/mol. The van der Waals surface area contributed by atoms with Crippen molar-refractivity contribution in [1.82, 2.24) is 30.0 Å². The van der Waals surface area contributed by atoms with Crippen molar-refractivity contribution in [2.45, 2.75) is 13.0 Å². The Bertz CT molecular complexity index is 1100. The molecular formula is C20H20N8. The van der Waals surface area contributed by atoms with E-state index in [4.69, 9.17) is 0 Å². The number of rotatable bonds is 4. The number of anilines is 2. The van der Waals surface area contributed by atoms with Crippen molar-refractivity contribution in [3.8, 4) is 11.3 Å². The molecule has 28 heavy (non-hydrogen) atoms. The second-order valence-electron chi connectivity index (χ2n) is 7.02. The van der Waals surface area contributed by atoms with Gasteiger partial charge in [0.1, 0.15) is 5.82 Å². The van der Waals surface area contributed by atoms with Gasteiger partial charge in [-0.3, -0.25) is 0 Å². The minimum Gasteiger partial charge on any atom is -0.352 e. The molecule has 1 saturated heterocycles. The summed E-state index contributed by atoms with van der Waals surface area (Å²) in [5.41, 5.74) is 2.73. The zero-order chi connectivity index (χ0) is 19.1. The summed E-state index contributed by atoms with van der Waals surface area (Å²) < 4.78 is 1.77. The standard InChI is InChI=1S/C20H20N8/c1-14-21-24-19-10-11-20(25-28(14)19)26(2)16-12-27(13-16)18-9-8-17(22-23-18)15-6-4-3-5-7-15/h3-11,16H,12-13H2,1-2H3. The molecule has 8 heteroatoms. The second-order valence-corrected chi connectivity index (χ2v) is 7.02. The number of aryl methyl sites for hydroxylation is 1. The van der Waals surface area contributed by atoms with Crippen LogP contribution in [-0.4, -0.2) is 56.2 Å². The van der Waals surface area contributed by atoms with Gasteiger partial charge >= 0.3 is 0 Å². The minimum absolute atomic E-state index is 0.373. The minimum atomic E-state index is 0.373. The molecule has 4 heterocycles. The molecule has 8 nitrogen and oxygen atoms in total. The topological polar surface area (TPSA) is 75.3 Å². The summed E-state index contributed by atoms with van der Waals surface area (Å²) in [7, 11) is 2.07. The summed E-state index contributed by atoms with van der Waals surface area (Å²) in [4.78, 5) is 4.42. The molecule has 0 radical (unpaired) electrons. The molecule has 0 atom stereocenters. The molecule has 1 aromatic carbocycles. The van der Waals surface area contributed by atoms with E-state index in [1.807, 2.05) is 61.5 Å². The highest BCUT2D eigenvalue weighted by molar-refractivity contribution is 5.60. The summed E-state index contributed by atoms with van der Waals surface area (Å²) in [6, 6.07) is 18.5. The fourth-order valence-corrected chi connectivity index (χ4v) is 3.41. The van der Waals surface area contributed by atoms with E-state index in [-0.39, 0.29) is 0 Å². The predicted octanol–water partition coefficient (Wildman–Crippen LogP) is 2.21. The first-order chi connectivity index (χ1) is 13.7. The summed E-state index contributed by atoms with van der Waals surface area (Å²) >= 11 is 0. The Morgan fingerprint density at radius 2 is 1.71 bits per heavy atom. The summed E-state index contributed by atoms with van der Waals surface area (Å²) in [5.74, 6) is 2.60. The number of likely N-dealkylation sites (N-methyl/N-ethyl adjacent to an activating group) is 1. The molecule has 140 valence electrons. The van der Waals surface area contributed by atoms with E-state index in [2.05, 4.69) is 42.3 Å². The fourth-order valence-electron chi connectivity index (χ4n) is 3.41. The number of hydrogen-bond acceptors (Lipinski definition) is 7. The Hall–Kier alpha value is -3.55. The van der Waals surface area contributed by atoms with Gasteiger partial charge in [-0.05, 0) is 31.2 Å². The van der Waals surface area contributed by atoms with Crippen molar-refractivity contribution in [3.05, 3.63) is 60.4 Å². The van der Waals surface area contributed by atoms with Gasteiger partial charge in [-0.1, -0.05) is 30.3 Å². The van der Waals surface area contributed by atoms with E-state index >= 15 is 0 Å². The Balaban J connectivity index is 1.27. The monoisotopic (exact) mass is 372 g/mol. The SMILES string of the molecule is Cc1nnc2ccc(N(C)C3CN(c4ccc(-c5ccccc5)nn4)C3)nn12. The van der Waals surface area contributed by atoms with E-state index < -0.39 is 0 Å². The molecule has 0 unspecified atom stereocenters. The molecule has 0 spiro atoms. The van der Waals surface area contributed by atoms with Crippen LogP contribution in [0.5, 0.6) is 0 Å². The van der Waals surface area contributed by atoms with Gasteiger partial charge in [0, 0.05) is 25.7 Å². The first-order valence-corrected chi connectivity index (χ1v) is 9.25. The number of benzene rings is 1. The van der Waals surface area contributed by atoms with Gasteiger partial charge in [0.15, 0.2) is 17.3 Å². The molecule has 1 aliphatic rings. The highest BCUT2D eigenvalue weighted by Crippen LogP contribution is 2.25. The van der Waals surface area contributed by atoms with Crippen LogP contribution < -0.4 is 9.80 Å². The lowest BCUT2D eigenvalue weighted by atomic mass is 10.1.